The van der Waals surface area contributed by atoms with Gasteiger partial charge in [-0.15, -0.1) is 0 Å². The van der Waals surface area contributed by atoms with E-state index in [0.717, 1.165) is 73.5 Å². The molecular formula is C44H35N5. The second-order valence-electron chi connectivity index (χ2n) is 12.9. The molecule has 0 aliphatic carbocycles. The van der Waals surface area contributed by atoms with Crippen LogP contribution in [0.15, 0.2) is 157 Å². The van der Waals surface area contributed by atoms with Crippen molar-refractivity contribution in [1.29, 1.82) is 0 Å². The molecule has 49 heavy (non-hydrogen) atoms. The zero-order valence-corrected chi connectivity index (χ0v) is 27.5. The molecule has 4 aromatic carbocycles. The van der Waals surface area contributed by atoms with Crippen LogP contribution in [0.5, 0.6) is 0 Å². The minimum atomic E-state index is -0.0202. The van der Waals surface area contributed by atoms with Crippen LogP contribution in [-0.2, 0) is 0 Å². The molecule has 0 N–H and O–H groups in total. The normalized spacial score (nSPS) is 17.8. The number of rotatable bonds is 5. The maximum Gasteiger partial charge on any atom is 0.0956 e. The van der Waals surface area contributed by atoms with Gasteiger partial charge in [0.25, 0.3) is 0 Å². The first-order valence-corrected chi connectivity index (χ1v) is 16.9. The van der Waals surface area contributed by atoms with Gasteiger partial charge in [-0.25, -0.2) is 4.98 Å². The van der Waals surface area contributed by atoms with Gasteiger partial charge in [0.05, 0.1) is 51.4 Å². The smallest absolute Gasteiger partial charge is 0.0956 e. The van der Waals surface area contributed by atoms with Crippen LogP contribution >= 0.6 is 0 Å². The number of nitrogens with zero attached hydrogens (tertiary/aromatic N) is 5. The summed E-state index contributed by atoms with van der Waals surface area (Å²) in [6.07, 6.45) is 11.9. The monoisotopic (exact) mass is 633 g/mol. The van der Waals surface area contributed by atoms with Gasteiger partial charge in [0.2, 0.25) is 0 Å². The highest BCUT2D eigenvalue weighted by molar-refractivity contribution is 6.23. The highest BCUT2D eigenvalue weighted by Crippen LogP contribution is 2.41. The Morgan fingerprint density at radius 1 is 0.755 bits per heavy atom. The predicted molar refractivity (Wildman–Crippen MR) is 204 cm³/mol. The van der Waals surface area contributed by atoms with Crippen molar-refractivity contribution in [3.8, 4) is 16.9 Å². The lowest BCUT2D eigenvalue weighted by molar-refractivity contribution is 0.474. The van der Waals surface area contributed by atoms with Gasteiger partial charge in [0.15, 0.2) is 0 Å². The first-order valence-electron chi connectivity index (χ1n) is 16.9. The molecule has 5 heterocycles. The van der Waals surface area contributed by atoms with Crippen LogP contribution in [0, 0.1) is 0 Å². The van der Waals surface area contributed by atoms with E-state index in [-0.39, 0.29) is 12.1 Å². The topological polar surface area (TPSA) is 46.3 Å². The fourth-order valence-corrected chi connectivity index (χ4v) is 7.45. The van der Waals surface area contributed by atoms with Gasteiger partial charge in [-0.3, -0.25) is 9.98 Å². The quantitative estimate of drug-likeness (QED) is 0.190. The van der Waals surface area contributed by atoms with Crippen molar-refractivity contribution in [3.63, 3.8) is 0 Å². The van der Waals surface area contributed by atoms with E-state index in [0.29, 0.717) is 0 Å². The van der Waals surface area contributed by atoms with Crippen molar-refractivity contribution in [2.24, 2.45) is 4.99 Å². The molecule has 2 atom stereocenters. The van der Waals surface area contributed by atoms with Crippen LogP contribution in [0.3, 0.4) is 0 Å². The van der Waals surface area contributed by atoms with E-state index in [1.807, 2.05) is 12.3 Å². The number of aromatic nitrogens is 3. The maximum absolute atomic E-state index is 5.31. The number of para-hydroxylation sites is 2. The van der Waals surface area contributed by atoms with Gasteiger partial charge in [-0.2, -0.15) is 0 Å². The van der Waals surface area contributed by atoms with Crippen molar-refractivity contribution in [3.05, 3.63) is 163 Å². The third kappa shape index (κ3) is 4.97. The summed E-state index contributed by atoms with van der Waals surface area (Å²) in [6.45, 7) is 2.18. The molecule has 0 spiro atoms. The molecular weight excluding hydrogens is 599 g/mol. The average molecular weight is 634 g/mol. The second kappa shape index (κ2) is 11.9. The SMILES string of the molecule is CC1CC=CC(C2C=C(c3cccc(-n4c5ccccc5c5c6ccccc6nc(-c6ccccc6)c54)c3)C=C(c3ccccn3)N2C)=N1. The Kier molecular flexibility index (Phi) is 7.05. The molecule has 236 valence electrons. The molecule has 2 aliphatic rings. The lowest BCUT2D eigenvalue weighted by Gasteiger charge is -2.35. The minimum Gasteiger partial charge on any atom is -0.361 e. The first kappa shape index (κ1) is 29.1. The van der Waals surface area contributed by atoms with E-state index < -0.39 is 0 Å². The molecule has 5 heteroatoms. The number of hydrogen-bond acceptors (Lipinski definition) is 4. The Morgan fingerprint density at radius 3 is 2.37 bits per heavy atom. The number of likely N-dealkylation sites (N-methyl/N-ethyl adjacent to an activating group) is 1. The number of allylic oxidation sites excluding steroid dienone is 2. The molecule has 2 unspecified atom stereocenters. The summed E-state index contributed by atoms with van der Waals surface area (Å²) >= 11 is 0. The molecule has 3 aromatic heterocycles. The number of aliphatic imine (C=N–C) groups is 1. The van der Waals surface area contributed by atoms with Crippen LogP contribution in [-0.4, -0.2) is 44.3 Å². The summed E-state index contributed by atoms with van der Waals surface area (Å²) in [5.74, 6) is 0. The number of dihydropyridines is 1. The number of hydrogen-bond donors (Lipinski definition) is 0. The lowest BCUT2D eigenvalue weighted by atomic mass is 9.93. The van der Waals surface area contributed by atoms with E-state index in [9.17, 15) is 0 Å². The molecule has 9 rings (SSSR count). The first-order chi connectivity index (χ1) is 24.1. The Hall–Kier alpha value is -6.07. The van der Waals surface area contributed by atoms with Gasteiger partial charge in [0.1, 0.15) is 0 Å². The third-order valence-corrected chi connectivity index (χ3v) is 9.78. The van der Waals surface area contributed by atoms with Crippen molar-refractivity contribution in [2.45, 2.75) is 25.4 Å². The molecule has 2 aliphatic heterocycles. The van der Waals surface area contributed by atoms with Crippen molar-refractivity contribution in [2.75, 3.05) is 7.05 Å². The summed E-state index contributed by atoms with van der Waals surface area (Å²) < 4.78 is 2.40. The van der Waals surface area contributed by atoms with Crippen LogP contribution in [0.4, 0.5) is 0 Å². The van der Waals surface area contributed by atoms with E-state index in [1.165, 1.54) is 10.8 Å². The van der Waals surface area contributed by atoms with Crippen LogP contribution in [0.2, 0.25) is 0 Å². The molecule has 7 aromatic rings. The van der Waals surface area contributed by atoms with Crippen molar-refractivity contribution < 1.29 is 0 Å². The Labute approximate surface area is 285 Å². The number of pyridine rings is 2. The molecule has 5 nitrogen and oxygen atoms in total. The van der Waals surface area contributed by atoms with Crippen molar-refractivity contribution >= 4 is 49.7 Å². The van der Waals surface area contributed by atoms with E-state index in [2.05, 4.69) is 163 Å². The maximum atomic E-state index is 5.31. The fourth-order valence-electron chi connectivity index (χ4n) is 7.45. The highest BCUT2D eigenvalue weighted by Gasteiger charge is 2.28. The molecule has 0 saturated carbocycles. The van der Waals surface area contributed by atoms with Crippen LogP contribution < -0.4 is 0 Å². The van der Waals surface area contributed by atoms with Gasteiger partial charge in [-0.1, -0.05) is 91.0 Å². The molecule has 0 bridgehead atoms. The average Bonchev–Trinajstić information content (AvgIpc) is 3.51. The molecule has 0 radical (unpaired) electrons. The Morgan fingerprint density at radius 2 is 1.53 bits per heavy atom. The summed E-state index contributed by atoms with van der Waals surface area (Å²) in [5.41, 5.74) is 11.8. The van der Waals surface area contributed by atoms with Gasteiger partial charge >= 0.3 is 0 Å². The zero-order valence-electron chi connectivity index (χ0n) is 27.5. The Bertz CT molecular complexity index is 2500. The van der Waals surface area contributed by atoms with Gasteiger partial charge in [0, 0.05) is 40.7 Å². The Balaban J connectivity index is 1.29. The van der Waals surface area contributed by atoms with Crippen molar-refractivity contribution in [1.82, 2.24) is 19.4 Å². The van der Waals surface area contributed by atoms with Gasteiger partial charge < -0.3 is 9.47 Å². The number of fused-ring (bicyclic) bond motifs is 5. The zero-order chi connectivity index (χ0) is 32.9. The van der Waals surface area contributed by atoms with E-state index >= 15 is 0 Å². The van der Waals surface area contributed by atoms with E-state index in [1.54, 1.807) is 0 Å². The molecule has 0 amide bonds. The summed E-state index contributed by atoms with van der Waals surface area (Å²) in [5, 5.41) is 3.59. The lowest BCUT2D eigenvalue weighted by Crippen LogP contribution is -2.38. The summed E-state index contributed by atoms with van der Waals surface area (Å²) in [7, 11) is 2.14. The fraction of sp³-hybridized carbons (Fsp3) is 0.114. The predicted octanol–water partition coefficient (Wildman–Crippen LogP) is 9.92. The standard InChI is InChI=1S/C44H35N5/c1-29-14-12-23-38(46-29)41-28-32(27-40(48(41)2)37-22-10-11-25-45-37)31-17-13-18-33(26-31)49-39-24-9-7-20-35(39)42-34-19-6-8-21-36(34)47-43(44(42)49)30-15-4-3-5-16-30/h3-13,15-29,41H,14H2,1-2H3. The van der Waals surface area contributed by atoms with E-state index in [4.69, 9.17) is 15.0 Å². The minimum absolute atomic E-state index is 0.0202. The molecule has 0 saturated heterocycles. The molecule has 0 fully saturated rings. The summed E-state index contributed by atoms with van der Waals surface area (Å²) in [6, 6.07) is 43.0. The highest BCUT2D eigenvalue weighted by atomic mass is 15.2. The van der Waals surface area contributed by atoms with Crippen LogP contribution in [0.1, 0.15) is 24.6 Å². The summed E-state index contributed by atoms with van der Waals surface area (Å²) in [4.78, 5) is 17.5. The largest absolute Gasteiger partial charge is 0.361 e. The van der Waals surface area contributed by atoms with Gasteiger partial charge in [-0.05, 0) is 79.1 Å². The second-order valence-corrected chi connectivity index (χ2v) is 12.9. The third-order valence-electron chi connectivity index (χ3n) is 9.78. The van der Waals surface area contributed by atoms with Crippen LogP contribution in [0.25, 0.3) is 60.9 Å². The number of benzene rings is 4.